The van der Waals surface area contributed by atoms with Crippen LogP contribution in [0.1, 0.15) is 10.5 Å². The van der Waals surface area contributed by atoms with Crippen molar-refractivity contribution in [1.82, 2.24) is 19.9 Å². The number of benzene rings is 1. The maximum absolute atomic E-state index is 12.8. The maximum atomic E-state index is 12.8. The first kappa shape index (κ1) is 20.8. The van der Waals surface area contributed by atoms with Crippen LogP contribution in [0, 0.1) is 0 Å². The van der Waals surface area contributed by atoms with Gasteiger partial charge in [0.05, 0.1) is 23.8 Å². The zero-order chi connectivity index (χ0) is 22.3. The van der Waals surface area contributed by atoms with Gasteiger partial charge in [0.2, 0.25) is 11.8 Å². The molecule has 0 fully saturated rings. The normalized spacial score (nSPS) is 10.6. The van der Waals surface area contributed by atoms with Crippen LogP contribution in [0.2, 0.25) is 0 Å². The van der Waals surface area contributed by atoms with Crippen molar-refractivity contribution < 1.29 is 18.3 Å². The first-order valence-electron chi connectivity index (χ1n) is 9.40. The predicted molar refractivity (Wildman–Crippen MR) is 114 cm³/mol. The molecule has 4 rings (SSSR count). The number of amides is 1. The van der Waals surface area contributed by atoms with E-state index in [1.54, 1.807) is 12.4 Å². The molecule has 10 heteroatoms. The zero-order valence-corrected chi connectivity index (χ0v) is 16.4. The van der Waals surface area contributed by atoms with E-state index in [0.29, 0.717) is 11.4 Å². The van der Waals surface area contributed by atoms with Gasteiger partial charge in [0.25, 0.3) is 5.91 Å². The van der Waals surface area contributed by atoms with Crippen LogP contribution < -0.4 is 15.4 Å². The average Bonchev–Trinajstić information content (AvgIpc) is 2.81. The van der Waals surface area contributed by atoms with E-state index in [1.807, 2.05) is 36.4 Å². The molecule has 0 saturated heterocycles. The molecule has 3 heterocycles. The lowest BCUT2D eigenvalue weighted by atomic mass is 10.1. The molecule has 8 nitrogen and oxygen atoms in total. The van der Waals surface area contributed by atoms with E-state index >= 15 is 0 Å². The topological polar surface area (TPSA) is 102 Å². The molecule has 0 aliphatic carbocycles. The fraction of sp³-hybridized carbons (Fsp3) is 0.0455. The number of carbonyl (C=O) groups is 1. The molecule has 1 aromatic carbocycles. The van der Waals surface area contributed by atoms with Gasteiger partial charge in [-0.2, -0.15) is 8.78 Å². The second kappa shape index (κ2) is 9.56. The van der Waals surface area contributed by atoms with Gasteiger partial charge in [-0.25, -0.2) is 15.0 Å². The smallest absolute Gasteiger partial charge is 0.388 e. The van der Waals surface area contributed by atoms with Gasteiger partial charge in [-0.05, 0) is 23.8 Å². The highest BCUT2D eigenvalue weighted by atomic mass is 19.3. The summed E-state index contributed by atoms with van der Waals surface area (Å²) in [7, 11) is 0. The Morgan fingerprint density at radius 3 is 2.53 bits per heavy atom. The summed E-state index contributed by atoms with van der Waals surface area (Å²) in [4.78, 5) is 28.9. The Bertz CT molecular complexity index is 1210. The lowest BCUT2D eigenvalue weighted by Crippen LogP contribution is -2.15. The molecule has 0 spiro atoms. The summed E-state index contributed by atoms with van der Waals surface area (Å²) in [6.07, 6.45) is 5.93. The molecule has 0 aliphatic heterocycles. The van der Waals surface area contributed by atoms with E-state index in [1.165, 1.54) is 30.6 Å². The van der Waals surface area contributed by atoms with E-state index in [-0.39, 0.29) is 17.5 Å². The lowest BCUT2D eigenvalue weighted by Gasteiger charge is -2.11. The van der Waals surface area contributed by atoms with Crippen molar-refractivity contribution in [2.24, 2.45) is 0 Å². The van der Waals surface area contributed by atoms with Gasteiger partial charge in [0.1, 0.15) is 5.69 Å². The largest absolute Gasteiger partial charge is 0.417 e. The molecule has 160 valence electrons. The monoisotopic (exact) mass is 434 g/mol. The van der Waals surface area contributed by atoms with Crippen LogP contribution in [-0.4, -0.2) is 32.5 Å². The molecule has 0 atom stereocenters. The lowest BCUT2D eigenvalue weighted by molar-refractivity contribution is -0.0528. The van der Waals surface area contributed by atoms with Gasteiger partial charge in [0.15, 0.2) is 0 Å². The van der Waals surface area contributed by atoms with Gasteiger partial charge in [-0.15, -0.1) is 0 Å². The fourth-order valence-corrected chi connectivity index (χ4v) is 2.84. The predicted octanol–water partition coefficient (Wildman–Crippen LogP) is 4.53. The first-order chi connectivity index (χ1) is 15.6. The number of anilines is 3. The Labute approximate surface area is 181 Å². The van der Waals surface area contributed by atoms with Crippen LogP contribution in [0.3, 0.4) is 0 Å². The maximum Gasteiger partial charge on any atom is 0.388 e. The highest BCUT2D eigenvalue weighted by Crippen LogP contribution is 2.27. The van der Waals surface area contributed by atoms with E-state index in [9.17, 15) is 13.6 Å². The molecule has 32 heavy (non-hydrogen) atoms. The van der Waals surface area contributed by atoms with Crippen LogP contribution in [0.15, 0.2) is 79.4 Å². The van der Waals surface area contributed by atoms with Gasteiger partial charge in [-0.3, -0.25) is 9.78 Å². The Balaban J connectivity index is 1.49. The molecular weight excluding hydrogens is 418 g/mol. The third kappa shape index (κ3) is 5.17. The van der Waals surface area contributed by atoms with Gasteiger partial charge >= 0.3 is 6.61 Å². The van der Waals surface area contributed by atoms with E-state index in [0.717, 1.165) is 11.1 Å². The first-order valence-corrected chi connectivity index (χ1v) is 9.40. The second-order valence-electron chi connectivity index (χ2n) is 6.40. The third-order valence-corrected chi connectivity index (χ3v) is 4.24. The molecule has 3 aromatic heterocycles. The van der Waals surface area contributed by atoms with Crippen molar-refractivity contribution in [2.45, 2.75) is 6.61 Å². The number of nitrogens with zero attached hydrogens (tertiary/aromatic N) is 4. The van der Waals surface area contributed by atoms with Crippen LogP contribution in [0.5, 0.6) is 5.88 Å². The molecule has 0 saturated carbocycles. The van der Waals surface area contributed by atoms with Crippen molar-refractivity contribution in [3.63, 3.8) is 0 Å². The number of alkyl halides is 2. The zero-order valence-electron chi connectivity index (χ0n) is 16.4. The molecule has 0 aliphatic rings. The number of hydrogen-bond donors (Lipinski definition) is 2. The molecule has 0 unspecified atom stereocenters. The Morgan fingerprint density at radius 2 is 1.78 bits per heavy atom. The third-order valence-electron chi connectivity index (χ3n) is 4.24. The van der Waals surface area contributed by atoms with Gasteiger partial charge in [0, 0.05) is 24.0 Å². The van der Waals surface area contributed by atoms with Crippen LogP contribution in [0.25, 0.3) is 11.1 Å². The number of aromatic nitrogens is 4. The Hall–Kier alpha value is -4.47. The summed E-state index contributed by atoms with van der Waals surface area (Å²) in [5.41, 5.74) is 2.84. The van der Waals surface area contributed by atoms with Crippen molar-refractivity contribution in [2.75, 3.05) is 10.6 Å². The van der Waals surface area contributed by atoms with Crippen molar-refractivity contribution >= 4 is 23.2 Å². The van der Waals surface area contributed by atoms with Crippen molar-refractivity contribution in [1.29, 1.82) is 0 Å². The highest BCUT2D eigenvalue weighted by molar-refractivity contribution is 6.05. The van der Waals surface area contributed by atoms with Crippen LogP contribution in [-0.2, 0) is 0 Å². The number of halogens is 2. The van der Waals surface area contributed by atoms with Gasteiger partial charge in [-0.1, -0.05) is 30.3 Å². The fourth-order valence-electron chi connectivity index (χ4n) is 2.84. The van der Waals surface area contributed by atoms with Gasteiger partial charge < -0.3 is 15.4 Å². The average molecular weight is 434 g/mol. The number of carbonyl (C=O) groups excluding carboxylic acids is 1. The van der Waals surface area contributed by atoms with Crippen molar-refractivity contribution in [3.05, 3.63) is 85.1 Å². The molecule has 0 radical (unpaired) electrons. The van der Waals surface area contributed by atoms with Crippen molar-refractivity contribution in [3.8, 4) is 17.0 Å². The molecule has 1 amide bonds. The molecule has 2 N–H and O–H groups in total. The highest BCUT2D eigenvalue weighted by Gasteiger charge is 2.13. The summed E-state index contributed by atoms with van der Waals surface area (Å²) >= 11 is 0. The summed E-state index contributed by atoms with van der Waals surface area (Å²) in [6, 6.07) is 15.6. The summed E-state index contributed by atoms with van der Waals surface area (Å²) in [6.45, 7) is -2.96. The number of rotatable bonds is 7. The minimum absolute atomic E-state index is 0.121. The second-order valence-corrected chi connectivity index (χ2v) is 6.40. The van der Waals surface area contributed by atoms with E-state index in [4.69, 9.17) is 0 Å². The summed E-state index contributed by atoms with van der Waals surface area (Å²) in [5.74, 6) is -0.527. The minimum Gasteiger partial charge on any atom is -0.417 e. The van der Waals surface area contributed by atoms with E-state index < -0.39 is 12.5 Å². The molecular formula is C22H16F2N6O2. The molecule has 0 bridgehead atoms. The Morgan fingerprint density at radius 1 is 0.938 bits per heavy atom. The molecule has 4 aromatic rings. The van der Waals surface area contributed by atoms with Crippen LogP contribution in [0.4, 0.5) is 26.1 Å². The standard InChI is InChI=1S/C22H16F2N6O2/c23-21(24)32-19-7-6-15(12-27-19)28-22-26-11-9-17(30-22)20(31)29-18-13-25-10-8-16(18)14-4-2-1-3-5-14/h1-13,21H,(H,29,31)(H,26,28,30). The van der Waals surface area contributed by atoms with E-state index in [2.05, 4.69) is 35.3 Å². The number of ether oxygens (including phenoxy) is 1. The number of hydrogen-bond acceptors (Lipinski definition) is 7. The SMILES string of the molecule is O=C(Nc1cnccc1-c1ccccc1)c1ccnc(Nc2ccc(OC(F)F)nc2)n1. The summed E-state index contributed by atoms with van der Waals surface area (Å²) < 4.78 is 28.7. The van der Waals surface area contributed by atoms with Crippen LogP contribution >= 0.6 is 0 Å². The minimum atomic E-state index is -2.96. The Kier molecular flexibility index (Phi) is 6.21. The number of nitrogens with one attached hydrogen (secondary N) is 2. The number of pyridine rings is 2. The summed E-state index contributed by atoms with van der Waals surface area (Å²) in [5, 5.41) is 5.68. The quantitative estimate of drug-likeness (QED) is 0.441.